The summed E-state index contributed by atoms with van der Waals surface area (Å²) in [6.45, 7) is 2.97. The number of carbonyl (C=O) groups is 1. The average Bonchev–Trinajstić information content (AvgIpc) is 2.65. The van der Waals surface area contributed by atoms with Gasteiger partial charge in [0.05, 0.1) is 20.3 Å². The average molecular weight is 344 g/mol. The van der Waals surface area contributed by atoms with Gasteiger partial charge in [-0.3, -0.25) is 0 Å². The molecule has 0 aliphatic rings. The Balaban J connectivity index is 1.79. The molecule has 25 heavy (non-hydrogen) atoms. The van der Waals surface area contributed by atoms with Crippen LogP contribution < -0.4 is 25.4 Å². The van der Waals surface area contributed by atoms with Gasteiger partial charge in [0, 0.05) is 30.9 Å². The van der Waals surface area contributed by atoms with E-state index in [4.69, 9.17) is 9.47 Å². The second kappa shape index (κ2) is 9.36. The topological polar surface area (TPSA) is 84.5 Å². The molecule has 7 heteroatoms. The molecule has 134 valence electrons. The zero-order valence-corrected chi connectivity index (χ0v) is 14.7. The molecule has 2 rings (SSSR count). The Morgan fingerprint density at radius 1 is 1.16 bits per heavy atom. The van der Waals surface area contributed by atoms with E-state index in [1.165, 1.54) is 0 Å². The molecule has 0 saturated heterocycles. The Labute approximate surface area is 147 Å². The van der Waals surface area contributed by atoms with Crippen molar-refractivity contribution in [3.05, 3.63) is 48.2 Å². The predicted octanol–water partition coefficient (Wildman–Crippen LogP) is 2.57. The van der Waals surface area contributed by atoms with Crippen molar-refractivity contribution in [1.82, 2.24) is 15.6 Å². The largest absolute Gasteiger partial charge is 0.497 e. The van der Waals surface area contributed by atoms with Gasteiger partial charge in [0.1, 0.15) is 17.3 Å². The first-order valence-corrected chi connectivity index (χ1v) is 8.05. The number of aromatic nitrogens is 1. The minimum absolute atomic E-state index is 0.204. The summed E-state index contributed by atoms with van der Waals surface area (Å²) in [5.74, 6) is 2.16. The molecular formula is C18H24N4O3. The van der Waals surface area contributed by atoms with E-state index in [-0.39, 0.29) is 12.1 Å². The maximum atomic E-state index is 12.0. The number of ether oxygens (including phenoxy) is 2. The number of hydrogen-bond donors (Lipinski definition) is 3. The monoisotopic (exact) mass is 344 g/mol. The molecule has 1 heterocycles. The second-order valence-corrected chi connectivity index (χ2v) is 5.37. The first-order chi connectivity index (χ1) is 12.1. The van der Waals surface area contributed by atoms with Crippen LogP contribution in [-0.2, 0) is 0 Å². The summed E-state index contributed by atoms with van der Waals surface area (Å²) in [6, 6.07) is 10.7. The molecule has 0 fully saturated rings. The molecule has 0 aliphatic heterocycles. The number of carbonyl (C=O) groups excluding carboxylic acids is 1. The molecule has 0 radical (unpaired) electrons. The summed E-state index contributed by atoms with van der Waals surface area (Å²) in [5.41, 5.74) is 0.880. The number of methoxy groups -OCH3 is 2. The lowest BCUT2D eigenvalue weighted by atomic mass is 10.1. The van der Waals surface area contributed by atoms with E-state index in [0.29, 0.717) is 24.6 Å². The molecule has 2 aromatic rings. The van der Waals surface area contributed by atoms with Crippen LogP contribution >= 0.6 is 0 Å². The fraction of sp³-hybridized carbons (Fsp3) is 0.333. The van der Waals surface area contributed by atoms with Crippen molar-refractivity contribution in [1.29, 1.82) is 0 Å². The number of rotatable bonds is 8. The molecule has 0 unspecified atom stereocenters. The van der Waals surface area contributed by atoms with E-state index in [1.807, 2.05) is 37.3 Å². The van der Waals surface area contributed by atoms with Crippen molar-refractivity contribution < 1.29 is 14.3 Å². The number of nitrogens with one attached hydrogen (secondary N) is 3. The molecule has 3 N–H and O–H groups in total. The minimum atomic E-state index is -0.242. The number of anilines is 1. The van der Waals surface area contributed by atoms with Gasteiger partial charge in [-0.05, 0) is 31.2 Å². The summed E-state index contributed by atoms with van der Waals surface area (Å²) < 4.78 is 10.6. The Morgan fingerprint density at radius 3 is 2.68 bits per heavy atom. The van der Waals surface area contributed by atoms with Crippen LogP contribution in [0.3, 0.4) is 0 Å². The Morgan fingerprint density at radius 2 is 2.00 bits per heavy atom. The van der Waals surface area contributed by atoms with E-state index in [2.05, 4.69) is 20.9 Å². The van der Waals surface area contributed by atoms with Crippen LogP contribution in [0, 0.1) is 0 Å². The predicted molar refractivity (Wildman–Crippen MR) is 97.2 cm³/mol. The minimum Gasteiger partial charge on any atom is -0.497 e. The number of amides is 2. The van der Waals surface area contributed by atoms with Crippen molar-refractivity contribution in [2.75, 3.05) is 32.6 Å². The van der Waals surface area contributed by atoms with Crippen molar-refractivity contribution >= 4 is 11.8 Å². The van der Waals surface area contributed by atoms with Crippen LogP contribution in [0.1, 0.15) is 18.5 Å². The molecule has 1 atom stereocenters. The van der Waals surface area contributed by atoms with Crippen LogP contribution in [0.4, 0.5) is 10.6 Å². The van der Waals surface area contributed by atoms with Crippen molar-refractivity contribution in [2.45, 2.75) is 13.0 Å². The fourth-order valence-electron chi connectivity index (χ4n) is 2.34. The lowest BCUT2D eigenvalue weighted by Gasteiger charge is -2.18. The van der Waals surface area contributed by atoms with Gasteiger partial charge in [-0.1, -0.05) is 6.07 Å². The molecule has 1 aromatic carbocycles. The van der Waals surface area contributed by atoms with Gasteiger partial charge >= 0.3 is 6.03 Å². The smallest absolute Gasteiger partial charge is 0.315 e. The van der Waals surface area contributed by atoms with Gasteiger partial charge in [0.2, 0.25) is 0 Å². The van der Waals surface area contributed by atoms with E-state index in [9.17, 15) is 4.79 Å². The van der Waals surface area contributed by atoms with Gasteiger partial charge in [0.15, 0.2) is 0 Å². The number of nitrogens with zero attached hydrogens (tertiary/aromatic N) is 1. The quantitative estimate of drug-likeness (QED) is 0.641. The van der Waals surface area contributed by atoms with E-state index in [1.54, 1.807) is 26.5 Å². The van der Waals surface area contributed by atoms with Gasteiger partial charge in [-0.2, -0.15) is 0 Å². The van der Waals surface area contributed by atoms with Crippen LogP contribution in [0.2, 0.25) is 0 Å². The van der Waals surface area contributed by atoms with Crippen LogP contribution in [0.5, 0.6) is 11.5 Å². The van der Waals surface area contributed by atoms with E-state index >= 15 is 0 Å². The van der Waals surface area contributed by atoms with Crippen molar-refractivity contribution in [2.24, 2.45) is 0 Å². The maximum Gasteiger partial charge on any atom is 0.315 e. The van der Waals surface area contributed by atoms with E-state index < -0.39 is 0 Å². The van der Waals surface area contributed by atoms with E-state index in [0.717, 1.165) is 11.4 Å². The normalized spacial score (nSPS) is 11.3. The highest BCUT2D eigenvalue weighted by atomic mass is 16.5. The highest BCUT2D eigenvalue weighted by Gasteiger charge is 2.14. The summed E-state index contributed by atoms with van der Waals surface area (Å²) in [6.07, 6.45) is 1.71. The molecule has 1 aromatic heterocycles. The zero-order valence-electron chi connectivity index (χ0n) is 14.7. The number of pyridine rings is 1. The summed E-state index contributed by atoms with van der Waals surface area (Å²) in [7, 11) is 3.19. The lowest BCUT2D eigenvalue weighted by molar-refractivity contribution is 0.238. The van der Waals surface area contributed by atoms with Crippen LogP contribution in [-0.4, -0.2) is 38.3 Å². The summed E-state index contributed by atoms with van der Waals surface area (Å²) in [5, 5.41) is 8.83. The third kappa shape index (κ3) is 5.56. The Bertz CT molecular complexity index is 679. The SMILES string of the molecule is COc1ccc([C@H](C)NC(=O)NCCNc2ccccn2)c(OC)c1. The van der Waals surface area contributed by atoms with Gasteiger partial charge < -0.3 is 25.4 Å². The standard InChI is InChI=1S/C18H24N4O3/c1-13(15-8-7-14(24-2)12-16(15)25-3)22-18(23)21-11-10-20-17-6-4-5-9-19-17/h4-9,12-13H,10-11H2,1-3H3,(H,19,20)(H2,21,22,23)/t13-/m0/s1. The fourth-order valence-corrected chi connectivity index (χ4v) is 2.34. The third-order valence-corrected chi connectivity index (χ3v) is 3.64. The second-order valence-electron chi connectivity index (χ2n) is 5.37. The zero-order chi connectivity index (χ0) is 18.1. The molecule has 0 aliphatic carbocycles. The summed E-state index contributed by atoms with van der Waals surface area (Å²) >= 11 is 0. The molecule has 0 saturated carbocycles. The van der Waals surface area contributed by atoms with Crippen LogP contribution in [0.25, 0.3) is 0 Å². The first kappa shape index (κ1) is 18.4. The molecule has 0 bridgehead atoms. The Kier molecular flexibility index (Phi) is 6.88. The molecular weight excluding hydrogens is 320 g/mol. The molecule has 7 nitrogen and oxygen atoms in total. The van der Waals surface area contributed by atoms with Gasteiger partial charge in [-0.15, -0.1) is 0 Å². The summed E-state index contributed by atoms with van der Waals surface area (Å²) in [4.78, 5) is 16.2. The maximum absolute atomic E-state index is 12.0. The highest BCUT2D eigenvalue weighted by Crippen LogP contribution is 2.29. The van der Waals surface area contributed by atoms with Crippen LogP contribution in [0.15, 0.2) is 42.6 Å². The number of hydrogen-bond acceptors (Lipinski definition) is 5. The van der Waals surface area contributed by atoms with Crippen molar-refractivity contribution in [3.8, 4) is 11.5 Å². The highest BCUT2D eigenvalue weighted by molar-refractivity contribution is 5.74. The number of urea groups is 1. The van der Waals surface area contributed by atoms with Crippen molar-refractivity contribution in [3.63, 3.8) is 0 Å². The first-order valence-electron chi connectivity index (χ1n) is 8.05. The third-order valence-electron chi connectivity index (χ3n) is 3.64. The van der Waals surface area contributed by atoms with Gasteiger partial charge in [0.25, 0.3) is 0 Å². The molecule has 0 spiro atoms. The Hall–Kier alpha value is -2.96. The van der Waals surface area contributed by atoms with Gasteiger partial charge in [-0.25, -0.2) is 9.78 Å². The lowest BCUT2D eigenvalue weighted by Crippen LogP contribution is -2.39. The molecule has 2 amide bonds. The number of benzene rings is 1.